The van der Waals surface area contributed by atoms with Crippen LogP contribution in [0.4, 0.5) is 0 Å². The SMILES string of the molecule is OCCC#CCOC1CCCCO1. The minimum absolute atomic E-state index is 0.0582. The van der Waals surface area contributed by atoms with E-state index >= 15 is 0 Å². The van der Waals surface area contributed by atoms with Crippen molar-refractivity contribution in [2.75, 3.05) is 19.8 Å². The summed E-state index contributed by atoms with van der Waals surface area (Å²) in [5.41, 5.74) is 0. The lowest BCUT2D eigenvalue weighted by Gasteiger charge is -2.21. The number of hydrogen-bond donors (Lipinski definition) is 1. The highest BCUT2D eigenvalue weighted by atomic mass is 16.7. The summed E-state index contributed by atoms with van der Waals surface area (Å²) in [4.78, 5) is 0. The zero-order valence-electron chi connectivity index (χ0n) is 7.79. The van der Waals surface area contributed by atoms with Crippen LogP contribution < -0.4 is 0 Å². The Kier molecular flexibility index (Phi) is 5.59. The first-order chi connectivity index (χ1) is 6.43. The third-order valence-electron chi connectivity index (χ3n) is 1.84. The van der Waals surface area contributed by atoms with Gasteiger partial charge in [0.05, 0.1) is 6.61 Å². The molecule has 1 fully saturated rings. The summed E-state index contributed by atoms with van der Waals surface area (Å²) >= 11 is 0. The molecule has 13 heavy (non-hydrogen) atoms. The minimum Gasteiger partial charge on any atom is -0.395 e. The van der Waals surface area contributed by atoms with E-state index in [0.717, 1.165) is 19.4 Å². The molecule has 0 aliphatic carbocycles. The molecule has 0 aromatic rings. The van der Waals surface area contributed by atoms with Gasteiger partial charge >= 0.3 is 0 Å². The van der Waals surface area contributed by atoms with E-state index in [4.69, 9.17) is 14.6 Å². The Morgan fingerprint density at radius 1 is 1.38 bits per heavy atom. The standard InChI is InChI=1S/C10H16O3/c11-7-3-1-4-8-12-10-6-2-5-9-13-10/h10-11H,2-3,5-9H2. The monoisotopic (exact) mass is 184 g/mol. The quantitative estimate of drug-likeness (QED) is 0.663. The van der Waals surface area contributed by atoms with Gasteiger partial charge in [0, 0.05) is 13.0 Å². The summed E-state index contributed by atoms with van der Waals surface area (Å²) in [6, 6.07) is 0. The molecular formula is C10H16O3. The number of aliphatic hydroxyl groups excluding tert-OH is 1. The van der Waals surface area contributed by atoms with Crippen LogP contribution in [0.25, 0.3) is 0 Å². The Balaban J connectivity index is 2.01. The number of ether oxygens (including phenoxy) is 2. The summed E-state index contributed by atoms with van der Waals surface area (Å²) in [6.45, 7) is 1.33. The van der Waals surface area contributed by atoms with Gasteiger partial charge in [0.2, 0.25) is 0 Å². The van der Waals surface area contributed by atoms with Gasteiger partial charge in [-0.1, -0.05) is 11.8 Å². The molecule has 1 N–H and O–H groups in total. The van der Waals surface area contributed by atoms with E-state index in [0.29, 0.717) is 13.0 Å². The second-order valence-corrected chi connectivity index (χ2v) is 2.93. The molecule has 3 nitrogen and oxygen atoms in total. The van der Waals surface area contributed by atoms with Gasteiger partial charge in [0.1, 0.15) is 6.61 Å². The highest BCUT2D eigenvalue weighted by Gasteiger charge is 2.12. The minimum atomic E-state index is -0.0582. The van der Waals surface area contributed by atoms with Crippen LogP contribution in [-0.2, 0) is 9.47 Å². The maximum atomic E-state index is 8.45. The second kappa shape index (κ2) is 6.90. The van der Waals surface area contributed by atoms with Crippen molar-refractivity contribution in [3.05, 3.63) is 0 Å². The topological polar surface area (TPSA) is 38.7 Å². The Morgan fingerprint density at radius 3 is 3.00 bits per heavy atom. The third-order valence-corrected chi connectivity index (χ3v) is 1.84. The van der Waals surface area contributed by atoms with Gasteiger partial charge < -0.3 is 14.6 Å². The molecular weight excluding hydrogens is 168 g/mol. The molecule has 3 heteroatoms. The van der Waals surface area contributed by atoms with Gasteiger partial charge in [-0.3, -0.25) is 0 Å². The number of hydrogen-bond acceptors (Lipinski definition) is 3. The highest BCUT2D eigenvalue weighted by molar-refractivity contribution is 4.98. The van der Waals surface area contributed by atoms with Crippen molar-refractivity contribution in [1.82, 2.24) is 0 Å². The zero-order chi connectivity index (χ0) is 9.36. The molecule has 0 bridgehead atoms. The molecule has 1 aliphatic rings. The highest BCUT2D eigenvalue weighted by Crippen LogP contribution is 2.12. The van der Waals surface area contributed by atoms with Crippen LogP contribution in [0, 0.1) is 11.8 Å². The van der Waals surface area contributed by atoms with Gasteiger partial charge in [-0.2, -0.15) is 0 Å². The average Bonchev–Trinajstić information content (AvgIpc) is 2.19. The van der Waals surface area contributed by atoms with Crippen LogP contribution >= 0.6 is 0 Å². The molecule has 74 valence electrons. The fourth-order valence-electron chi connectivity index (χ4n) is 1.17. The molecule has 0 amide bonds. The molecule has 1 aliphatic heterocycles. The van der Waals surface area contributed by atoms with Gasteiger partial charge in [0.25, 0.3) is 0 Å². The Bertz CT molecular complexity index is 174. The first-order valence-corrected chi connectivity index (χ1v) is 4.73. The maximum absolute atomic E-state index is 8.45. The Labute approximate surface area is 79.0 Å². The van der Waals surface area contributed by atoms with Crippen molar-refractivity contribution in [2.24, 2.45) is 0 Å². The molecule has 0 saturated carbocycles. The number of aliphatic hydroxyl groups is 1. The van der Waals surface area contributed by atoms with E-state index in [1.807, 2.05) is 0 Å². The van der Waals surface area contributed by atoms with Crippen LogP contribution in [0.1, 0.15) is 25.7 Å². The fraction of sp³-hybridized carbons (Fsp3) is 0.800. The number of rotatable bonds is 3. The summed E-state index contributed by atoms with van der Waals surface area (Å²) in [5.74, 6) is 5.62. The zero-order valence-corrected chi connectivity index (χ0v) is 7.79. The van der Waals surface area contributed by atoms with Crippen molar-refractivity contribution in [1.29, 1.82) is 0 Å². The van der Waals surface area contributed by atoms with Gasteiger partial charge in [-0.05, 0) is 19.3 Å². The lowest BCUT2D eigenvalue weighted by Crippen LogP contribution is -2.22. The predicted molar refractivity (Wildman–Crippen MR) is 49.0 cm³/mol. The van der Waals surface area contributed by atoms with E-state index in [1.54, 1.807) is 0 Å². The van der Waals surface area contributed by atoms with E-state index in [9.17, 15) is 0 Å². The van der Waals surface area contributed by atoms with Crippen molar-refractivity contribution < 1.29 is 14.6 Å². The molecule has 1 atom stereocenters. The third kappa shape index (κ3) is 4.89. The van der Waals surface area contributed by atoms with E-state index in [2.05, 4.69) is 11.8 Å². The van der Waals surface area contributed by atoms with Crippen molar-refractivity contribution >= 4 is 0 Å². The first-order valence-electron chi connectivity index (χ1n) is 4.73. The molecule has 1 unspecified atom stereocenters. The maximum Gasteiger partial charge on any atom is 0.158 e. The van der Waals surface area contributed by atoms with Gasteiger partial charge in [-0.25, -0.2) is 0 Å². The fourth-order valence-corrected chi connectivity index (χ4v) is 1.17. The summed E-state index contributed by atoms with van der Waals surface area (Å²) in [5, 5.41) is 8.45. The van der Waals surface area contributed by atoms with Crippen molar-refractivity contribution in [3.63, 3.8) is 0 Å². The Hall–Kier alpha value is -0.560. The first kappa shape index (κ1) is 10.5. The lowest BCUT2D eigenvalue weighted by atomic mass is 10.2. The predicted octanol–water partition coefficient (Wildman–Crippen LogP) is 0.915. The molecule has 1 heterocycles. The van der Waals surface area contributed by atoms with E-state index in [-0.39, 0.29) is 12.9 Å². The molecule has 0 aromatic heterocycles. The van der Waals surface area contributed by atoms with Gasteiger partial charge in [0.15, 0.2) is 6.29 Å². The van der Waals surface area contributed by atoms with Crippen LogP contribution in [0.2, 0.25) is 0 Å². The normalized spacial score (nSPS) is 22.1. The van der Waals surface area contributed by atoms with Crippen molar-refractivity contribution in [3.8, 4) is 11.8 Å². The van der Waals surface area contributed by atoms with Crippen molar-refractivity contribution in [2.45, 2.75) is 32.0 Å². The summed E-state index contributed by atoms with van der Waals surface area (Å²) < 4.78 is 10.7. The molecule has 1 rings (SSSR count). The smallest absolute Gasteiger partial charge is 0.158 e. The van der Waals surface area contributed by atoms with Crippen LogP contribution in [0.5, 0.6) is 0 Å². The van der Waals surface area contributed by atoms with Crippen LogP contribution in [0.3, 0.4) is 0 Å². The molecule has 0 aromatic carbocycles. The lowest BCUT2D eigenvalue weighted by molar-refractivity contribution is -0.154. The molecule has 1 saturated heterocycles. The molecule has 0 spiro atoms. The largest absolute Gasteiger partial charge is 0.395 e. The summed E-state index contributed by atoms with van der Waals surface area (Å²) in [7, 11) is 0. The van der Waals surface area contributed by atoms with Gasteiger partial charge in [-0.15, -0.1) is 0 Å². The summed E-state index contributed by atoms with van der Waals surface area (Å²) in [6.07, 6.45) is 3.75. The average molecular weight is 184 g/mol. The van der Waals surface area contributed by atoms with Crippen LogP contribution in [0.15, 0.2) is 0 Å². The van der Waals surface area contributed by atoms with Crippen LogP contribution in [-0.4, -0.2) is 31.2 Å². The van der Waals surface area contributed by atoms with E-state index < -0.39 is 0 Å². The van der Waals surface area contributed by atoms with E-state index in [1.165, 1.54) is 6.42 Å². The molecule has 0 radical (unpaired) electrons. The Morgan fingerprint density at radius 2 is 2.31 bits per heavy atom. The second-order valence-electron chi connectivity index (χ2n) is 2.93.